The lowest BCUT2D eigenvalue weighted by Crippen LogP contribution is -2.27. The monoisotopic (exact) mass is 162 g/mol. The van der Waals surface area contributed by atoms with E-state index >= 15 is 0 Å². The van der Waals surface area contributed by atoms with E-state index < -0.39 is 8.07 Å². The van der Waals surface area contributed by atoms with Crippen molar-refractivity contribution in [3.8, 4) is 0 Å². The quantitative estimate of drug-likeness (QED) is 0.339. The van der Waals surface area contributed by atoms with Crippen LogP contribution >= 0.6 is 11.6 Å². The minimum atomic E-state index is -1.00. The molecule has 0 aromatic carbocycles. The van der Waals surface area contributed by atoms with Crippen molar-refractivity contribution in [1.29, 1.82) is 0 Å². The first-order chi connectivity index (χ1) is 4.12. The summed E-state index contributed by atoms with van der Waals surface area (Å²) in [5.41, 5.74) is 0.876. The smallest absolute Gasteiger partial charge is 0.0642 e. The molecule has 0 aliphatic rings. The molecule has 0 bridgehead atoms. The summed E-state index contributed by atoms with van der Waals surface area (Å²) in [6.45, 7) is 8.30. The summed E-state index contributed by atoms with van der Waals surface area (Å²) in [4.78, 5) is 0. The number of hydrogen-bond donors (Lipinski definition) is 0. The first-order valence-corrected chi connectivity index (χ1v) is 7.24. The van der Waals surface area contributed by atoms with Gasteiger partial charge in [-0.25, -0.2) is 0 Å². The second-order valence-electron chi connectivity index (χ2n) is 3.13. The van der Waals surface area contributed by atoms with Gasteiger partial charge in [0, 0.05) is 5.50 Å². The zero-order chi connectivity index (χ0) is 7.33. The van der Waals surface area contributed by atoms with Crippen molar-refractivity contribution in [2.24, 2.45) is 0 Å². The first-order valence-electron chi connectivity index (χ1n) is 3.29. The standard InChI is InChI=1S/C7H15ClSi/c1-4-5-6-9(2,3)7-8/h4H,1,5-7H2,2-3H3. The summed E-state index contributed by atoms with van der Waals surface area (Å²) >= 11 is 5.76. The average Bonchev–Trinajstić information content (AvgIpc) is 1.84. The zero-order valence-electron chi connectivity index (χ0n) is 6.28. The Kier molecular flexibility index (Phi) is 4.24. The van der Waals surface area contributed by atoms with Crippen molar-refractivity contribution < 1.29 is 0 Å². The van der Waals surface area contributed by atoms with Gasteiger partial charge in [0.05, 0.1) is 8.07 Å². The van der Waals surface area contributed by atoms with Gasteiger partial charge in [0.25, 0.3) is 0 Å². The van der Waals surface area contributed by atoms with E-state index in [0.717, 1.165) is 11.9 Å². The highest BCUT2D eigenvalue weighted by molar-refractivity contribution is 6.83. The second kappa shape index (κ2) is 4.12. The summed E-state index contributed by atoms with van der Waals surface area (Å²) < 4.78 is 0. The van der Waals surface area contributed by atoms with Gasteiger partial charge in [-0.1, -0.05) is 25.2 Å². The van der Waals surface area contributed by atoms with Gasteiger partial charge in [-0.2, -0.15) is 0 Å². The Morgan fingerprint density at radius 1 is 1.56 bits per heavy atom. The molecule has 0 fully saturated rings. The van der Waals surface area contributed by atoms with Crippen molar-refractivity contribution in [2.45, 2.75) is 25.6 Å². The second-order valence-corrected chi connectivity index (χ2v) is 9.02. The molecule has 0 nitrogen and oxygen atoms in total. The van der Waals surface area contributed by atoms with Crippen molar-refractivity contribution in [3.05, 3.63) is 12.7 Å². The Morgan fingerprint density at radius 3 is 2.44 bits per heavy atom. The van der Waals surface area contributed by atoms with Crippen molar-refractivity contribution in [2.75, 3.05) is 5.50 Å². The Labute approximate surface area is 63.9 Å². The van der Waals surface area contributed by atoms with Crippen LogP contribution in [0.1, 0.15) is 6.42 Å². The van der Waals surface area contributed by atoms with Gasteiger partial charge in [-0.05, 0) is 6.42 Å². The predicted molar refractivity (Wildman–Crippen MR) is 47.8 cm³/mol. The Bertz CT molecular complexity index is 88.9. The molecule has 0 aromatic rings. The fourth-order valence-electron chi connectivity index (χ4n) is 0.560. The SMILES string of the molecule is C=CCC[Si](C)(C)CCl. The predicted octanol–water partition coefficient (Wildman–Crippen LogP) is 3.05. The molecule has 0 aliphatic heterocycles. The highest BCUT2D eigenvalue weighted by atomic mass is 35.5. The number of halogens is 1. The van der Waals surface area contributed by atoms with E-state index in [9.17, 15) is 0 Å². The van der Waals surface area contributed by atoms with Crippen molar-refractivity contribution in [3.63, 3.8) is 0 Å². The molecule has 0 N–H and O–H groups in total. The van der Waals surface area contributed by atoms with Crippen LogP contribution in [0.25, 0.3) is 0 Å². The molecule has 0 aliphatic carbocycles. The van der Waals surface area contributed by atoms with Gasteiger partial charge in [0.15, 0.2) is 0 Å². The molecule has 0 radical (unpaired) electrons. The zero-order valence-corrected chi connectivity index (χ0v) is 8.04. The molecule has 9 heavy (non-hydrogen) atoms. The largest absolute Gasteiger partial charge is 0.130 e. The molecule has 0 saturated carbocycles. The molecule has 0 aromatic heterocycles. The summed E-state index contributed by atoms with van der Waals surface area (Å²) in [5.74, 6) is 0. The molecule has 0 heterocycles. The van der Waals surface area contributed by atoms with Gasteiger partial charge in [0.1, 0.15) is 0 Å². The van der Waals surface area contributed by atoms with Crippen LogP contribution < -0.4 is 0 Å². The van der Waals surface area contributed by atoms with Crippen LogP contribution in [0.4, 0.5) is 0 Å². The molecule has 54 valence electrons. The van der Waals surface area contributed by atoms with E-state index in [1.165, 1.54) is 6.04 Å². The summed E-state index contributed by atoms with van der Waals surface area (Å²) in [5, 5.41) is 0. The highest BCUT2D eigenvalue weighted by Gasteiger charge is 2.16. The summed E-state index contributed by atoms with van der Waals surface area (Å²) in [6.07, 6.45) is 3.10. The van der Waals surface area contributed by atoms with Crippen molar-refractivity contribution >= 4 is 19.7 Å². The fraction of sp³-hybridized carbons (Fsp3) is 0.714. The Morgan fingerprint density at radius 2 is 2.11 bits per heavy atom. The van der Waals surface area contributed by atoms with Crippen LogP contribution in [0.2, 0.25) is 19.1 Å². The third-order valence-corrected chi connectivity index (χ3v) is 5.92. The van der Waals surface area contributed by atoms with E-state index in [-0.39, 0.29) is 0 Å². The highest BCUT2D eigenvalue weighted by Crippen LogP contribution is 2.13. The molecule has 2 heteroatoms. The molecule has 0 amide bonds. The molecule has 0 rings (SSSR count). The number of hydrogen-bond acceptors (Lipinski definition) is 0. The van der Waals surface area contributed by atoms with Crippen LogP contribution in [-0.4, -0.2) is 13.6 Å². The Hall–Kier alpha value is 0.247. The summed E-state index contributed by atoms with van der Waals surface area (Å²) in [7, 11) is -1.00. The van der Waals surface area contributed by atoms with Gasteiger partial charge < -0.3 is 0 Å². The van der Waals surface area contributed by atoms with E-state index in [1.54, 1.807) is 0 Å². The molecule has 0 spiro atoms. The maximum absolute atomic E-state index is 5.76. The lowest BCUT2D eigenvalue weighted by Gasteiger charge is -2.16. The van der Waals surface area contributed by atoms with Gasteiger partial charge >= 0.3 is 0 Å². The number of allylic oxidation sites excluding steroid dienone is 1. The van der Waals surface area contributed by atoms with Crippen LogP contribution in [0.3, 0.4) is 0 Å². The minimum Gasteiger partial charge on any atom is -0.130 e. The van der Waals surface area contributed by atoms with E-state index in [0.29, 0.717) is 0 Å². The van der Waals surface area contributed by atoms with Crippen LogP contribution in [0, 0.1) is 0 Å². The average molecular weight is 163 g/mol. The third kappa shape index (κ3) is 4.73. The normalized spacial score (nSPS) is 11.4. The Balaban J connectivity index is 3.44. The van der Waals surface area contributed by atoms with Crippen LogP contribution in [0.15, 0.2) is 12.7 Å². The van der Waals surface area contributed by atoms with Gasteiger partial charge in [-0.15, -0.1) is 18.2 Å². The fourth-order valence-corrected chi connectivity index (χ4v) is 2.08. The molecule has 0 atom stereocenters. The lowest BCUT2D eigenvalue weighted by atomic mass is 10.5. The van der Waals surface area contributed by atoms with E-state index in [2.05, 4.69) is 19.7 Å². The maximum Gasteiger partial charge on any atom is 0.0642 e. The van der Waals surface area contributed by atoms with Gasteiger partial charge in [-0.3, -0.25) is 0 Å². The van der Waals surface area contributed by atoms with E-state index in [1.807, 2.05) is 6.08 Å². The number of rotatable bonds is 4. The molecular formula is C7H15ClSi. The summed E-state index contributed by atoms with van der Waals surface area (Å²) in [6, 6.07) is 1.28. The van der Waals surface area contributed by atoms with Crippen LogP contribution in [0.5, 0.6) is 0 Å². The molecular weight excluding hydrogens is 148 g/mol. The topological polar surface area (TPSA) is 0 Å². The first kappa shape index (κ1) is 9.25. The third-order valence-electron chi connectivity index (χ3n) is 1.39. The van der Waals surface area contributed by atoms with Crippen LogP contribution in [-0.2, 0) is 0 Å². The number of alkyl halides is 1. The molecule has 0 saturated heterocycles. The lowest BCUT2D eigenvalue weighted by molar-refractivity contribution is 1.16. The van der Waals surface area contributed by atoms with Gasteiger partial charge in [0.2, 0.25) is 0 Å². The van der Waals surface area contributed by atoms with E-state index in [4.69, 9.17) is 11.6 Å². The van der Waals surface area contributed by atoms with Crippen molar-refractivity contribution in [1.82, 2.24) is 0 Å². The molecule has 0 unspecified atom stereocenters. The maximum atomic E-state index is 5.76. The minimum absolute atomic E-state index is 0.876.